The average Bonchev–Trinajstić information content (AvgIpc) is 3.02. The lowest BCUT2D eigenvalue weighted by Gasteiger charge is -2.30. The Morgan fingerprint density at radius 2 is 1.80 bits per heavy atom. The number of hydrogen-bond donors (Lipinski definition) is 5. The zero-order valence-corrected chi connectivity index (χ0v) is 25.9. The van der Waals surface area contributed by atoms with Crippen LogP contribution in [-0.2, 0) is 25.6 Å². The summed E-state index contributed by atoms with van der Waals surface area (Å²) in [5.74, 6) is -2.22. The second-order valence-corrected chi connectivity index (χ2v) is 11.5. The number of aromatic nitrogens is 3. The van der Waals surface area contributed by atoms with Gasteiger partial charge in [-0.05, 0) is 38.8 Å². The fourth-order valence-electron chi connectivity index (χ4n) is 4.54. The fraction of sp³-hybridized carbons (Fsp3) is 0.387. The number of carbonyl (C=O) groups excluding carboxylic acids is 3. The number of nitrogens with one attached hydrogen (secondary N) is 3. The van der Waals surface area contributed by atoms with Crippen LogP contribution in [-0.4, -0.2) is 81.9 Å². The van der Waals surface area contributed by atoms with E-state index in [9.17, 15) is 19.2 Å². The van der Waals surface area contributed by atoms with Crippen molar-refractivity contribution in [1.29, 1.82) is 0 Å². The number of carboxylic acids is 1. The molecule has 15 heteroatoms. The molecule has 0 spiro atoms. The number of alkyl carbamates (subject to hydrolysis) is 1. The quantitative estimate of drug-likeness (QED) is 0.206. The lowest BCUT2D eigenvalue weighted by atomic mass is 10.1. The van der Waals surface area contributed by atoms with Crippen molar-refractivity contribution in [1.82, 2.24) is 25.6 Å². The second kappa shape index (κ2) is 15.1. The normalized spacial score (nSPS) is 13.8. The van der Waals surface area contributed by atoms with Gasteiger partial charge in [0.25, 0.3) is 5.91 Å². The molecule has 3 amide bonds. The van der Waals surface area contributed by atoms with Crippen LogP contribution < -0.4 is 26.6 Å². The zero-order valence-electron chi connectivity index (χ0n) is 25.9. The van der Waals surface area contributed by atoms with Gasteiger partial charge in [0.15, 0.2) is 11.5 Å². The minimum absolute atomic E-state index is 0.0326. The molecule has 0 bridgehead atoms. The summed E-state index contributed by atoms with van der Waals surface area (Å²) >= 11 is 0. The van der Waals surface area contributed by atoms with Crippen molar-refractivity contribution in [3.63, 3.8) is 0 Å². The first-order chi connectivity index (χ1) is 21.9. The average molecular weight is 635 g/mol. The summed E-state index contributed by atoms with van der Waals surface area (Å²) in [7, 11) is 0. The number of nitrogens with two attached hydrogens (primary N) is 1. The van der Waals surface area contributed by atoms with Gasteiger partial charge in [-0.2, -0.15) is 0 Å². The minimum atomic E-state index is -1.10. The molecule has 15 nitrogen and oxygen atoms in total. The number of pyridine rings is 1. The van der Waals surface area contributed by atoms with Gasteiger partial charge in [-0.15, -0.1) is 0 Å². The number of anilines is 3. The van der Waals surface area contributed by atoms with Crippen molar-refractivity contribution >= 4 is 41.1 Å². The van der Waals surface area contributed by atoms with Crippen LogP contribution in [0, 0.1) is 0 Å². The summed E-state index contributed by atoms with van der Waals surface area (Å²) in [6, 6.07) is 7.74. The predicted octanol–water partition coefficient (Wildman–Crippen LogP) is 2.58. The number of nitrogens with zero attached hydrogens (tertiary/aromatic N) is 4. The molecule has 3 heterocycles. The minimum Gasteiger partial charge on any atom is -0.481 e. The summed E-state index contributed by atoms with van der Waals surface area (Å²) in [6.45, 7) is 7.67. The van der Waals surface area contributed by atoms with Gasteiger partial charge >= 0.3 is 12.1 Å². The molecule has 1 atom stereocenters. The number of hydrogen-bond acceptors (Lipinski definition) is 11. The van der Waals surface area contributed by atoms with Gasteiger partial charge < -0.3 is 41.2 Å². The first kappa shape index (κ1) is 33.6. The summed E-state index contributed by atoms with van der Waals surface area (Å²) in [4.78, 5) is 64.3. The molecule has 3 aromatic rings. The maximum absolute atomic E-state index is 13.3. The summed E-state index contributed by atoms with van der Waals surface area (Å²) in [5, 5.41) is 17.1. The number of nitrogen functional groups attached to an aromatic ring is 1. The van der Waals surface area contributed by atoms with Crippen LogP contribution in [0.15, 0.2) is 48.9 Å². The number of morpholine rings is 1. The lowest BCUT2D eigenvalue weighted by Crippen LogP contribution is -2.48. The van der Waals surface area contributed by atoms with Crippen molar-refractivity contribution in [2.45, 2.75) is 51.8 Å². The Labute approximate surface area is 265 Å². The molecule has 1 saturated heterocycles. The topological polar surface area (TPSA) is 211 Å². The van der Waals surface area contributed by atoms with Gasteiger partial charge in [0.05, 0.1) is 42.7 Å². The third-order valence-corrected chi connectivity index (χ3v) is 6.78. The second-order valence-electron chi connectivity index (χ2n) is 11.5. The van der Waals surface area contributed by atoms with Crippen molar-refractivity contribution in [2.24, 2.45) is 0 Å². The maximum atomic E-state index is 13.3. The van der Waals surface area contributed by atoms with Crippen molar-refractivity contribution in [3.8, 4) is 11.3 Å². The van der Waals surface area contributed by atoms with Crippen LogP contribution in [0.2, 0.25) is 0 Å². The van der Waals surface area contributed by atoms with Crippen LogP contribution in [0.3, 0.4) is 0 Å². The van der Waals surface area contributed by atoms with E-state index in [0.29, 0.717) is 43.2 Å². The number of rotatable bonds is 11. The lowest BCUT2D eigenvalue weighted by molar-refractivity contribution is -0.137. The van der Waals surface area contributed by atoms with E-state index in [2.05, 4.69) is 35.8 Å². The molecule has 0 radical (unpaired) electrons. The summed E-state index contributed by atoms with van der Waals surface area (Å²) in [5.41, 5.74) is 8.31. The largest absolute Gasteiger partial charge is 0.481 e. The zero-order chi connectivity index (χ0) is 33.3. The van der Waals surface area contributed by atoms with E-state index in [1.165, 1.54) is 6.20 Å². The van der Waals surface area contributed by atoms with Gasteiger partial charge in [0.1, 0.15) is 11.6 Å². The number of amides is 3. The highest BCUT2D eigenvalue weighted by atomic mass is 16.6. The van der Waals surface area contributed by atoms with E-state index in [1.54, 1.807) is 57.4 Å². The van der Waals surface area contributed by atoms with Gasteiger partial charge in [-0.1, -0.05) is 24.3 Å². The molecular weight excluding hydrogens is 596 g/mol. The van der Waals surface area contributed by atoms with Crippen molar-refractivity contribution < 1.29 is 33.8 Å². The number of carbonyl (C=O) groups is 4. The Bertz CT molecular complexity index is 1550. The highest BCUT2D eigenvalue weighted by Gasteiger charge is 2.25. The number of ether oxygens (including phenoxy) is 2. The van der Waals surface area contributed by atoms with Crippen LogP contribution in [0.25, 0.3) is 11.3 Å². The van der Waals surface area contributed by atoms with Gasteiger partial charge in [0, 0.05) is 37.8 Å². The summed E-state index contributed by atoms with van der Waals surface area (Å²) < 4.78 is 10.6. The molecule has 1 fully saturated rings. The van der Waals surface area contributed by atoms with E-state index in [-0.39, 0.29) is 30.9 Å². The molecule has 244 valence electrons. The van der Waals surface area contributed by atoms with Gasteiger partial charge in [0.2, 0.25) is 5.91 Å². The molecule has 2 aromatic heterocycles. The molecular formula is C31H38N8O7. The molecule has 0 saturated carbocycles. The molecule has 46 heavy (non-hydrogen) atoms. The molecule has 6 N–H and O–H groups in total. The molecule has 0 aliphatic carbocycles. The smallest absolute Gasteiger partial charge is 0.408 e. The van der Waals surface area contributed by atoms with E-state index in [0.717, 1.165) is 11.3 Å². The van der Waals surface area contributed by atoms with Gasteiger partial charge in [-0.25, -0.2) is 14.8 Å². The van der Waals surface area contributed by atoms with Gasteiger partial charge in [-0.3, -0.25) is 19.4 Å². The third-order valence-electron chi connectivity index (χ3n) is 6.78. The predicted molar refractivity (Wildman–Crippen MR) is 169 cm³/mol. The first-order valence-corrected chi connectivity index (χ1v) is 14.7. The Hall–Kier alpha value is -5.31. The van der Waals surface area contributed by atoms with E-state index < -0.39 is 35.5 Å². The third kappa shape index (κ3) is 9.59. The monoisotopic (exact) mass is 634 g/mol. The molecule has 1 unspecified atom stereocenters. The van der Waals surface area contributed by atoms with Crippen molar-refractivity contribution in [3.05, 3.63) is 60.2 Å². The van der Waals surface area contributed by atoms with Crippen LogP contribution in [0.5, 0.6) is 0 Å². The standard InChI is InChI=1S/C31H38N8O7/c1-31(2,3)46-30(44)38-21(8-9-25(40)41)28(42)35-16-19-4-6-20(7-5-19)22-18-34-27(32)26(36-22)29(43)37-23-17-33-11-10-24(23)39-12-14-45-15-13-39/h4-7,10-11,17-18,21H,8-9,12-16H2,1-3H3,(H2,32,34)(H,35,42)(H,37,43)(H,38,44)(H,40,41). The van der Waals surface area contributed by atoms with E-state index in [4.69, 9.17) is 20.3 Å². The number of benzene rings is 1. The SMILES string of the molecule is CC(C)(C)OC(=O)NC(CCC(=O)O)C(=O)NCc1ccc(-c2cnc(N)c(C(=O)Nc3cnccc3N3CCOCC3)n2)cc1. The Balaban J connectivity index is 1.41. The Morgan fingerprint density at radius 1 is 1.09 bits per heavy atom. The van der Waals surface area contributed by atoms with E-state index >= 15 is 0 Å². The van der Waals surface area contributed by atoms with Crippen LogP contribution in [0.1, 0.15) is 49.7 Å². The highest BCUT2D eigenvalue weighted by Crippen LogP contribution is 2.27. The first-order valence-electron chi connectivity index (χ1n) is 14.7. The van der Waals surface area contributed by atoms with Crippen LogP contribution in [0.4, 0.5) is 22.0 Å². The Morgan fingerprint density at radius 3 is 2.48 bits per heavy atom. The van der Waals surface area contributed by atoms with E-state index in [1.807, 2.05) is 6.07 Å². The van der Waals surface area contributed by atoms with Crippen molar-refractivity contribution in [2.75, 3.05) is 42.3 Å². The number of carboxylic acid groups (broad SMARTS) is 1. The van der Waals surface area contributed by atoms with Crippen LogP contribution >= 0.6 is 0 Å². The maximum Gasteiger partial charge on any atom is 0.408 e. The molecule has 1 aliphatic rings. The highest BCUT2D eigenvalue weighted by molar-refractivity contribution is 6.07. The molecule has 1 aliphatic heterocycles. The Kier molecular flexibility index (Phi) is 11.0. The molecule has 4 rings (SSSR count). The number of aliphatic carboxylic acids is 1. The summed E-state index contributed by atoms with van der Waals surface area (Å²) in [6.07, 6.45) is 3.43. The molecule has 1 aromatic carbocycles. The fourth-order valence-corrected chi connectivity index (χ4v) is 4.54.